The number of phenols is 1. The van der Waals surface area contributed by atoms with Crippen molar-refractivity contribution in [2.75, 3.05) is 0 Å². The molecule has 2 aromatic rings. The highest BCUT2D eigenvalue weighted by atomic mass is 35.5. The van der Waals surface area contributed by atoms with Crippen molar-refractivity contribution in [3.05, 3.63) is 42.5 Å². The molecule has 7 radical (unpaired) electrons. The Morgan fingerprint density at radius 1 is 0.923 bits per heavy atom. The van der Waals surface area contributed by atoms with Crippen LogP contribution in [-0.2, 0) is 0 Å². The standard InChI is InChI=1S/C10H8O.ClH.Mg/c11-10-7-3-5-8-4-1-2-6-9(8)10;;/h1-7,11H;1H;/q;;+3/p-1. The number of hydrogen-bond donors (Lipinski definition) is 1. The van der Waals surface area contributed by atoms with Crippen LogP contribution in [0.25, 0.3) is 10.8 Å². The molecule has 0 fully saturated rings. The first-order chi connectivity index (χ1) is 6.38. The molecule has 0 heterocycles. The van der Waals surface area contributed by atoms with E-state index in [9.17, 15) is 5.11 Å². The molecule has 0 unspecified atom stereocenters. The first-order valence-electron chi connectivity index (χ1n) is 3.81. The van der Waals surface area contributed by atoms with Gasteiger partial charge in [0.15, 0.2) is 0 Å². The highest BCUT2D eigenvalue weighted by Gasteiger charge is 2.16. The highest BCUT2D eigenvalue weighted by molar-refractivity contribution is 6.80. The molecule has 0 saturated carbocycles. The van der Waals surface area contributed by atoms with Gasteiger partial charge in [-0.25, -0.2) is 0 Å². The van der Waals surface area contributed by atoms with Crippen molar-refractivity contribution in [2.24, 2.45) is 0 Å². The third kappa shape index (κ3) is 2.50. The molecule has 0 aliphatic rings. The van der Waals surface area contributed by atoms with Gasteiger partial charge < -0.3 is 5.11 Å². The summed E-state index contributed by atoms with van der Waals surface area (Å²) in [6.07, 6.45) is 0. The monoisotopic (exact) mass is 203 g/mol. The number of benzene rings is 2. The Hall–Kier alpha value is -0.444. The molecule has 0 aliphatic carbocycles. The van der Waals surface area contributed by atoms with Crippen molar-refractivity contribution in [1.82, 2.24) is 0 Å². The molecule has 2 rings (SSSR count). The summed E-state index contributed by atoms with van der Waals surface area (Å²) in [7, 11) is 4.67. The van der Waals surface area contributed by atoms with Crippen LogP contribution >= 0.6 is 9.07 Å². The smallest absolute Gasteiger partial charge is 0.507 e. The quantitative estimate of drug-likeness (QED) is 0.654. The van der Waals surface area contributed by atoms with Gasteiger partial charge >= 0.3 is 29.7 Å². The Morgan fingerprint density at radius 3 is 2.23 bits per heavy atom. The van der Waals surface area contributed by atoms with Gasteiger partial charge in [-0.05, 0) is 11.5 Å². The minimum Gasteiger partial charge on any atom is -0.507 e. The Morgan fingerprint density at radius 2 is 1.54 bits per heavy atom. The average molecular weight is 204 g/mol. The zero-order valence-electron chi connectivity index (χ0n) is 7.07. The molecular weight excluding hydrogens is 196 g/mol. The van der Waals surface area contributed by atoms with Crippen LogP contribution in [-0.4, -0.2) is 25.7 Å². The topological polar surface area (TPSA) is 20.2 Å². The molecule has 0 saturated heterocycles. The van der Waals surface area contributed by atoms with Crippen molar-refractivity contribution >= 4 is 40.5 Å². The van der Waals surface area contributed by atoms with Gasteiger partial charge in [-0.1, -0.05) is 36.4 Å². The minimum absolute atomic E-state index is 0.350. The highest BCUT2D eigenvalue weighted by Crippen LogP contribution is 2.22. The third-order valence-corrected chi connectivity index (χ3v) is 1.77. The predicted octanol–water partition coefficient (Wildman–Crippen LogP) is 2.85. The maximum Gasteiger partial charge on any atom is 1.59 e. The summed E-state index contributed by atoms with van der Waals surface area (Å²) >= 11 is 1.33. The average Bonchev–Trinajstić information content (AvgIpc) is 2.22. The molecule has 0 atom stereocenters. The van der Waals surface area contributed by atoms with Gasteiger partial charge in [0.05, 0.1) is 0 Å². The third-order valence-electron chi connectivity index (χ3n) is 1.77. The Bertz CT molecular complexity index is 384. The molecule has 3 heteroatoms. The summed E-state index contributed by atoms with van der Waals surface area (Å²) in [5.74, 6) is 0.350. The molecule has 0 bridgehead atoms. The van der Waals surface area contributed by atoms with Crippen LogP contribution in [0.5, 0.6) is 5.75 Å². The van der Waals surface area contributed by atoms with E-state index in [-0.39, 0.29) is 0 Å². The fourth-order valence-electron chi connectivity index (χ4n) is 1.21. The van der Waals surface area contributed by atoms with Gasteiger partial charge in [0.2, 0.25) is 0 Å². The summed E-state index contributed by atoms with van der Waals surface area (Å²) < 4.78 is 0. The van der Waals surface area contributed by atoms with Crippen LogP contribution in [0.3, 0.4) is 0 Å². The largest absolute Gasteiger partial charge is 1.59 e. The lowest BCUT2D eigenvalue weighted by molar-refractivity contribution is 0.481. The van der Waals surface area contributed by atoms with Gasteiger partial charge in [0.25, 0.3) is 0 Å². The van der Waals surface area contributed by atoms with Crippen LogP contribution in [0.2, 0.25) is 0 Å². The fraction of sp³-hybridized carbons (Fsp3) is 0. The Kier molecular flexibility index (Phi) is 4.35. The van der Waals surface area contributed by atoms with Gasteiger partial charge in [-0.15, -0.1) is 0 Å². The second kappa shape index (κ2) is 5.32. The second-order valence-electron chi connectivity index (χ2n) is 2.50. The maximum absolute atomic E-state index is 9.37. The van der Waals surface area contributed by atoms with E-state index < -0.39 is 0 Å². The molecule has 0 amide bonds. The number of aromatic hydroxyl groups is 1. The first kappa shape index (κ1) is 10.6. The lowest BCUT2D eigenvalue weighted by Gasteiger charge is -1.97. The molecular formula is C10H8ClMgO+2. The summed E-state index contributed by atoms with van der Waals surface area (Å²) in [6.45, 7) is 0. The molecule has 1 N–H and O–H groups in total. The number of hydrogen-bond acceptors (Lipinski definition) is 1. The number of rotatable bonds is 0. The molecule has 1 nitrogen and oxygen atoms in total. The van der Waals surface area contributed by atoms with Crippen molar-refractivity contribution in [3.63, 3.8) is 0 Å². The van der Waals surface area contributed by atoms with E-state index in [0.29, 0.717) is 5.75 Å². The fourth-order valence-corrected chi connectivity index (χ4v) is 1.21. The summed E-state index contributed by atoms with van der Waals surface area (Å²) in [5, 5.41) is 11.4. The van der Waals surface area contributed by atoms with Gasteiger partial charge in [-0.3, -0.25) is 0 Å². The zero-order chi connectivity index (χ0) is 9.68. The number of fused-ring (bicyclic) bond motifs is 1. The number of phenolic OH excluding ortho intramolecular Hbond substituents is 1. The van der Waals surface area contributed by atoms with E-state index in [0.717, 1.165) is 10.8 Å². The predicted molar refractivity (Wildman–Crippen MR) is 57.2 cm³/mol. The Labute approximate surface area is 93.5 Å². The Balaban J connectivity index is 0.000000396. The lowest BCUT2D eigenvalue weighted by atomic mass is 10.1. The maximum atomic E-state index is 9.37. The second-order valence-corrected chi connectivity index (χ2v) is 2.50. The SMILES string of the molecule is Oc1cccc2ccccc12.[Mg+2][Cl]. The van der Waals surface area contributed by atoms with E-state index in [1.807, 2.05) is 36.4 Å². The van der Waals surface area contributed by atoms with E-state index in [1.165, 1.54) is 20.6 Å². The zero-order valence-corrected chi connectivity index (χ0v) is 9.24. The van der Waals surface area contributed by atoms with E-state index in [1.54, 1.807) is 6.07 Å². The molecule has 13 heavy (non-hydrogen) atoms. The normalized spacial score (nSPS) is 9.08. The van der Waals surface area contributed by atoms with E-state index in [2.05, 4.69) is 9.07 Å². The van der Waals surface area contributed by atoms with E-state index >= 15 is 0 Å². The lowest BCUT2D eigenvalue weighted by Crippen LogP contribution is -1.70. The summed E-state index contributed by atoms with van der Waals surface area (Å²) in [5.41, 5.74) is 0. The molecule has 0 aromatic heterocycles. The van der Waals surface area contributed by atoms with Gasteiger partial charge in [-0.2, -0.15) is 0 Å². The molecule has 0 aliphatic heterocycles. The van der Waals surface area contributed by atoms with Gasteiger partial charge in [0.1, 0.15) is 5.75 Å². The van der Waals surface area contributed by atoms with Crippen LogP contribution < -0.4 is 0 Å². The minimum atomic E-state index is 0.350. The van der Waals surface area contributed by atoms with Crippen LogP contribution in [0.4, 0.5) is 0 Å². The van der Waals surface area contributed by atoms with Crippen molar-refractivity contribution < 1.29 is 5.11 Å². The molecule has 2 aromatic carbocycles. The number of halogens is 1. The van der Waals surface area contributed by atoms with Crippen LogP contribution in [0.15, 0.2) is 42.5 Å². The van der Waals surface area contributed by atoms with Crippen molar-refractivity contribution in [1.29, 1.82) is 0 Å². The van der Waals surface area contributed by atoms with Gasteiger partial charge in [0, 0.05) is 5.39 Å². The van der Waals surface area contributed by atoms with Crippen LogP contribution in [0, 0.1) is 0 Å². The van der Waals surface area contributed by atoms with Crippen molar-refractivity contribution in [2.45, 2.75) is 0 Å². The van der Waals surface area contributed by atoms with Crippen molar-refractivity contribution in [3.8, 4) is 5.75 Å². The molecule has 61 valence electrons. The van der Waals surface area contributed by atoms with E-state index in [4.69, 9.17) is 0 Å². The first-order valence-corrected chi connectivity index (χ1v) is 5.95. The van der Waals surface area contributed by atoms with Crippen LogP contribution in [0.1, 0.15) is 0 Å². The molecule has 0 spiro atoms. The summed E-state index contributed by atoms with van der Waals surface area (Å²) in [4.78, 5) is 0. The summed E-state index contributed by atoms with van der Waals surface area (Å²) in [6, 6.07) is 13.3.